The van der Waals surface area contributed by atoms with Gasteiger partial charge in [-0.05, 0) is 20.8 Å². The van der Waals surface area contributed by atoms with Crippen molar-refractivity contribution < 1.29 is 19.4 Å². The average molecular weight is 172 g/mol. The van der Waals surface area contributed by atoms with E-state index in [1.54, 1.807) is 0 Å². The highest BCUT2D eigenvalue weighted by molar-refractivity contribution is 5.90. The van der Waals surface area contributed by atoms with Crippen molar-refractivity contribution in [3.63, 3.8) is 0 Å². The fraction of sp³-hybridized carbons (Fsp3) is 0.500. The van der Waals surface area contributed by atoms with E-state index in [1.165, 1.54) is 20.8 Å². The number of carbonyl (C=O) groups is 2. The van der Waals surface area contributed by atoms with Crippen LogP contribution in [0.5, 0.6) is 0 Å². The van der Waals surface area contributed by atoms with Gasteiger partial charge in [-0.25, -0.2) is 9.59 Å². The van der Waals surface area contributed by atoms with E-state index < -0.39 is 17.5 Å². The van der Waals surface area contributed by atoms with Gasteiger partial charge in [0, 0.05) is 5.57 Å². The molecule has 0 saturated heterocycles. The Morgan fingerprint density at radius 3 is 2.08 bits per heavy atom. The molecule has 0 rings (SSSR count). The number of carbonyl (C=O) groups excluding carboxylic acids is 1. The predicted octanol–water partition coefficient (Wildman–Crippen LogP) is 0.969. The predicted molar refractivity (Wildman–Crippen MR) is 42.6 cm³/mol. The molecule has 0 aliphatic rings. The van der Waals surface area contributed by atoms with Crippen molar-refractivity contribution in [3.8, 4) is 0 Å². The summed E-state index contributed by atoms with van der Waals surface area (Å²) in [6.45, 7) is 7.39. The van der Waals surface area contributed by atoms with E-state index in [4.69, 9.17) is 5.11 Å². The lowest BCUT2D eigenvalue weighted by Gasteiger charge is -2.19. The molecule has 0 aromatic carbocycles. The lowest BCUT2D eigenvalue weighted by atomic mass is 10.1. The van der Waals surface area contributed by atoms with Crippen LogP contribution in [0.2, 0.25) is 0 Å². The molecule has 4 heteroatoms. The lowest BCUT2D eigenvalue weighted by Crippen LogP contribution is -2.37. The first-order valence-corrected chi connectivity index (χ1v) is 3.39. The van der Waals surface area contributed by atoms with Crippen LogP contribution in [-0.4, -0.2) is 22.6 Å². The van der Waals surface area contributed by atoms with E-state index >= 15 is 0 Å². The van der Waals surface area contributed by atoms with Crippen LogP contribution in [0.25, 0.3) is 0 Å². The number of carboxylic acids is 1. The topological polar surface area (TPSA) is 63.6 Å². The first kappa shape index (κ1) is 10.7. The lowest BCUT2D eigenvalue weighted by molar-refractivity contribution is -0.171. The van der Waals surface area contributed by atoms with Gasteiger partial charge >= 0.3 is 11.9 Å². The summed E-state index contributed by atoms with van der Waals surface area (Å²) >= 11 is 0. The molecule has 0 spiro atoms. The molecule has 0 radical (unpaired) electrons. The number of rotatable bonds is 3. The van der Waals surface area contributed by atoms with Crippen LogP contribution in [0.1, 0.15) is 20.8 Å². The summed E-state index contributed by atoms with van der Waals surface area (Å²) in [6, 6.07) is 0. The Bertz CT molecular complexity index is 227. The monoisotopic (exact) mass is 172 g/mol. The van der Waals surface area contributed by atoms with Crippen molar-refractivity contribution in [1.82, 2.24) is 0 Å². The third kappa shape index (κ3) is 2.74. The molecular formula is C8H12O4. The minimum absolute atomic E-state index is 0.185. The molecule has 0 aromatic rings. The maximum absolute atomic E-state index is 10.9. The van der Waals surface area contributed by atoms with E-state index in [0.29, 0.717) is 0 Å². The Labute approximate surface area is 70.8 Å². The molecule has 0 amide bonds. The van der Waals surface area contributed by atoms with Gasteiger partial charge in [0.1, 0.15) is 0 Å². The molecule has 0 bridgehead atoms. The number of esters is 1. The third-order valence-corrected chi connectivity index (χ3v) is 1.21. The number of aliphatic carboxylic acids is 1. The average Bonchev–Trinajstić information content (AvgIpc) is 1.85. The molecular weight excluding hydrogens is 160 g/mol. The van der Waals surface area contributed by atoms with E-state index in [0.717, 1.165) is 0 Å². The molecule has 0 heterocycles. The summed E-state index contributed by atoms with van der Waals surface area (Å²) in [5.74, 6) is -1.88. The molecule has 0 aliphatic carbocycles. The van der Waals surface area contributed by atoms with E-state index in [1.807, 2.05) is 0 Å². The first-order chi connectivity index (χ1) is 5.27. The fourth-order valence-electron chi connectivity index (χ4n) is 0.363. The van der Waals surface area contributed by atoms with E-state index in [2.05, 4.69) is 11.3 Å². The van der Waals surface area contributed by atoms with Crippen molar-refractivity contribution in [1.29, 1.82) is 0 Å². The maximum Gasteiger partial charge on any atom is 0.347 e. The zero-order chi connectivity index (χ0) is 9.94. The molecule has 0 saturated carbocycles. The highest BCUT2D eigenvalue weighted by Gasteiger charge is 2.31. The minimum Gasteiger partial charge on any atom is -0.478 e. The smallest absolute Gasteiger partial charge is 0.347 e. The fourth-order valence-corrected chi connectivity index (χ4v) is 0.363. The Kier molecular flexibility index (Phi) is 3.01. The number of carboxylic acid groups (broad SMARTS) is 1. The number of hydrogen-bond acceptors (Lipinski definition) is 3. The number of ether oxygens (including phenoxy) is 1. The quantitative estimate of drug-likeness (QED) is 0.509. The van der Waals surface area contributed by atoms with Crippen LogP contribution < -0.4 is 0 Å². The second-order valence-corrected chi connectivity index (χ2v) is 2.99. The largest absolute Gasteiger partial charge is 0.478 e. The summed E-state index contributed by atoms with van der Waals surface area (Å²) in [4.78, 5) is 21.4. The van der Waals surface area contributed by atoms with Crippen molar-refractivity contribution in [2.45, 2.75) is 26.4 Å². The molecule has 0 aliphatic heterocycles. The van der Waals surface area contributed by atoms with Gasteiger partial charge < -0.3 is 9.84 Å². The Balaban J connectivity index is 4.35. The third-order valence-electron chi connectivity index (χ3n) is 1.21. The van der Waals surface area contributed by atoms with Gasteiger partial charge in [0.05, 0.1) is 0 Å². The van der Waals surface area contributed by atoms with Crippen molar-refractivity contribution in [3.05, 3.63) is 12.2 Å². The second kappa shape index (κ2) is 3.38. The standard InChI is InChI=1S/C8H12O4/c1-5(2)6(9)12-8(3,4)7(10)11/h1H2,2-4H3,(H,10,11). The molecule has 0 atom stereocenters. The second-order valence-electron chi connectivity index (χ2n) is 2.99. The van der Waals surface area contributed by atoms with Gasteiger partial charge in [0.15, 0.2) is 0 Å². The normalized spacial score (nSPS) is 10.6. The molecule has 4 nitrogen and oxygen atoms in total. The molecule has 1 N–H and O–H groups in total. The van der Waals surface area contributed by atoms with Crippen LogP contribution in [-0.2, 0) is 14.3 Å². The van der Waals surface area contributed by atoms with Gasteiger partial charge in [0.25, 0.3) is 0 Å². The minimum atomic E-state index is -1.49. The van der Waals surface area contributed by atoms with Crippen LogP contribution in [0.3, 0.4) is 0 Å². The van der Waals surface area contributed by atoms with Crippen LogP contribution in [0.15, 0.2) is 12.2 Å². The van der Waals surface area contributed by atoms with E-state index in [9.17, 15) is 9.59 Å². The zero-order valence-electron chi connectivity index (χ0n) is 7.38. The summed E-state index contributed by atoms with van der Waals surface area (Å²) in [7, 11) is 0. The van der Waals surface area contributed by atoms with Gasteiger partial charge in [-0.15, -0.1) is 0 Å². The summed E-state index contributed by atoms with van der Waals surface area (Å²) < 4.78 is 4.62. The van der Waals surface area contributed by atoms with Crippen molar-refractivity contribution in [2.24, 2.45) is 0 Å². The highest BCUT2D eigenvalue weighted by atomic mass is 16.6. The van der Waals surface area contributed by atoms with Gasteiger partial charge in [-0.1, -0.05) is 6.58 Å². The Hall–Kier alpha value is -1.32. The summed E-state index contributed by atoms with van der Waals surface area (Å²) in [5.41, 5.74) is -1.31. The molecule has 12 heavy (non-hydrogen) atoms. The Morgan fingerprint density at radius 1 is 1.42 bits per heavy atom. The van der Waals surface area contributed by atoms with Crippen molar-refractivity contribution >= 4 is 11.9 Å². The highest BCUT2D eigenvalue weighted by Crippen LogP contribution is 2.11. The van der Waals surface area contributed by atoms with E-state index in [-0.39, 0.29) is 5.57 Å². The SMILES string of the molecule is C=C(C)C(=O)OC(C)(C)C(=O)O. The summed E-state index contributed by atoms with van der Waals surface area (Å²) in [6.07, 6.45) is 0. The first-order valence-electron chi connectivity index (χ1n) is 3.39. The zero-order valence-corrected chi connectivity index (χ0v) is 7.38. The van der Waals surface area contributed by atoms with Crippen LogP contribution >= 0.6 is 0 Å². The maximum atomic E-state index is 10.9. The van der Waals surface area contributed by atoms with Crippen LogP contribution in [0.4, 0.5) is 0 Å². The van der Waals surface area contributed by atoms with Gasteiger partial charge in [-0.3, -0.25) is 0 Å². The van der Waals surface area contributed by atoms with Crippen LogP contribution in [0, 0.1) is 0 Å². The van der Waals surface area contributed by atoms with Gasteiger partial charge in [0.2, 0.25) is 5.60 Å². The molecule has 0 unspecified atom stereocenters. The molecule has 0 fully saturated rings. The van der Waals surface area contributed by atoms with Crippen molar-refractivity contribution in [2.75, 3.05) is 0 Å². The van der Waals surface area contributed by atoms with Gasteiger partial charge in [-0.2, -0.15) is 0 Å². The molecule has 0 aromatic heterocycles. The molecule has 68 valence electrons. The Morgan fingerprint density at radius 2 is 1.83 bits per heavy atom. The summed E-state index contributed by atoms with van der Waals surface area (Å²) in [5, 5.41) is 8.57. The number of hydrogen-bond donors (Lipinski definition) is 1.